The van der Waals surface area contributed by atoms with Crippen molar-refractivity contribution in [2.75, 3.05) is 0 Å². The summed E-state index contributed by atoms with van der Waals surface area (Å²) in [5, 5.41) is 20.5. The Labute approximate surface area is 96.7 Å². The Morgan fingerprint density at radius 2 is 2.06 bits per heavy atom. The number of phenolic OH excluding ortho intramolecular Hbond substituents is 1. The van der Waals surface area contributed by atoms with Crippen molar-refractivity contribution < 1.29 is 19.8 Å². The molecule has 0 aliphatic carbocycles. The van der Waals surface area contributed by atoms with Crippen LogP contribution in [0.25, 0.3) is 0 Å². The highest BCUT2D eigenvalue weighted by Crippen LogP contribution is 2.21. The molecule has 0 aliphatic heterocycles. The van der Waals surface area contributed by atoms with E-state index in [1.807, 2.05) is 0 Å². The summed E-state index contributed by atoms with van der Waals surface area (Å²) < 4.78 is 0. The molecule has 0 unspecified atom stereocenters. The molecule has 6 heteroatoms. The van der Waals surface area contributed by atoms with Gasteiger partial charge in [0, 0.05) is 5.02 Å². The fraction of sp³-hybridized carbons (Fsp3) is 0.200. The van der Waals surface area contributed by atoms with Gasteiger partial charge in [0.15, 0.2) is 0 Å². The van der Waals surface area contributed by atoms with Crippen LogP contribution in [0, 0.1) is 0 Å². The fourth-order valence-electron chi connectivity index (χ4n) is 1.03. The zero-order valence-electron chi connectivity index (χ0n) is 8.40. The van der Waals surface area contributed by atoms with Crippen molar-refractivity contribution in [3.8, 4) is 5.75 Å². The number of hydrogen-bond acceptors (Lipinski definition) is 3. The minimum atomic E-state index is -1.16. The molecule has 0 radical (unpaired) electrons. The van der Waals surface area contributed by atoms with Gasteiger partial charge in [-0.15, -0.1) is 0 Å². The Morgan fingerprint density at radius 3 is 2.62 bits per heavy atom. The number of carboxylic acid groups (broad SMARTS) is 1. The Balaban J connectivity index is 2.88. The van der Waals surface area contributed by atoms with Gasteiger partial charge in [0.2, 0.25) is 0 Å². The lowest BCUT2D eigenvalue weighted by Gasteiger charge is -2.10. The van der Waals surface area contributed by atoms with Gasteiger partial charge in [-0.3, -0.25) is 9.59 Å². The van der Waals surface area contributed by atoms with Gasteiger partial charge in [-0.2, -0.15) is 0 Å². The van der Waals surface area contributed by atoms with Gasteiger partial charge in [0.1, 0.15) is 11.8 Å². The van der Waals surface area contributed by atoms with Crippen molar-refractivity contribution in [1.82, 2.24) is 5.32 Å². The van der Waals surface area contributed by atoms with E-state index >= 15 is 0 Å². The van der Waals surface area contributed by atoms with Crippen molar-refractivity contribution in [3.63, 3.8) is 0 Å². The summed E-state index contributed by atoms with van der Waals surface area (Å²) in [6.45, 7) is 1.32. The van der Waals surface area contributed by atoms with Crippen molar-refractivity contribution in [1.29, 1.82) is 0 Å². The van der Waals surface area contributed by atoms with E-state index in [9.17, 15) is 14.7 Å². The zero-order chi connectivity index (χ0) is 12.3. The molecule has 1 atom stereocenters. The molecule has 0 bridgehead atoms. The number of aliphatic carboxylic acids is 1. The molecule has 1 rings (SSSR count). The second-order valence-corrected chi connectivity index (χ2v) is 3.63. The third-order valence-corrected chi connectivity index (χ3v) is 2.16. The number of aromatic hydroxyl groups is 1. The molecule has 0 fully saturated rings. The van der Waals surface area contributed by atoms with E-state index in [1.54, 1.807) is 0 Å². The molecule has 5 nitrogen and oxygen atoms in total. The first-order valence-corrected chi connectivity index (χ1v) is 4.82. The van der Waals surface area contributed by atoms with Crippen LogP contribution < -0.4 is 5.32 Å². The van der Waals surface area contributed by atoms with Crippen LogP contribution in [0.1, 0.15) is 17.3 Å². The molecule has 3 N–H and O–H groups in total. The van der Waals surface area contributed by atoms with Crippen LogP contribution in [0.15, 0.2) is 18.2 Å². The lowest BCUT2D eigenvalue weighted by Crippen LogP contribution is -2.38. The summed E-state index contributed by atoms with van der Waals surface area (Å²) in [5.74, 6) is -2.09. The summed E-state index contributed by atoms with van der Waals surface area (Å²) in [5.41, 5.74) is -0.0550. The van der Waals surface area contributed by atoms with Crippen LogP contribution >= 0.6 is 11.6 Å². The number of rotatable bonds is 3. The molecular formula is C10H10ClNO4. The molecule has 1 aromatic carbocycles. The second kappa shape index (κ2) is 4.85. The monoisotopic (exact) mass is 243 g/mol. The first kappa shape index (κ1) is 12.3. The SMILES string of the molecule is C[C@@H](NC(=O)c1cc(Cl)ccc1O)C(=O)O. The molecule has 0 spiro atoms. The van der Waals surface area contributed by atoms with Crippen LogP contribution in [0.2, 0.25) is 5.02 Å². The normalized spacial score (nSPS) is 11.9. The topological polar surface area (TPSA) is 86.6 Å². The van der Waals surface area contributed by atoms with Gasteiger partial charge in [0.25, 0.3) is 5.91 Å². The average molecular weight is 244 g/mol. The highest BCUT2D eigenvalue weighted by Gasteiger charge is 2.17. The van der Waals surface area contributed by atoms with E-state index < -0.39 is 17.9 Å². The lowest BCUT2D eigenvalue weighted by atomic mass is 10.2. The molecule has 0 saturated heterocycles. The summed E-state index contributed by atoms with van der Waals surface area (Å²) in [4.78, 5) is 22.1. The first-order valence-electron chi connectivity index (χ1n) is 4.44. The van der Waals surface area contributed by atoms with Crippen LogP contribution in [-0.4, -0.2) is 28.1 Å². The van der Waals surface area contributed by atoms with Crippen LogP contribution in [0.5, 0.6) is 5.75 Å². The zero-order valence-corrected chi connectivity index (χ0v) is 9.15. The van der Waals surface area contributed by atoms with Gasteiger partial charge in [0.05, 0.1) is 5.56 Å². The smallest absolute Gasteiger partial charge is 0.325 e. The molecule has 0 heterocycles. The minimum absolute atomic E-state index is 0.0550. The summed E-state index contributed by atoms with van der Waals surface area (Å²) >= 11 is 5.65. The van der Waals surface area contributed by atoms with Crippen LogP contribution in [0.4, 0.5) is 0 Å². The minimum Gasteiger partial charge on any atom is -0.507 e. The number of halogens is 1. The van der Waals surface area contributed by atoms with E-state index in [2.05, 4.69) is 5.32 Å². The number of carbonyl (C=O) groups is 2. The van der Waals surface area contributed by atoms with Crippen LogP contribution in [0.3, 0.4) is 0 Å². The molecule has 0 aliphatic rings. The highest BCUT2D eigenvalue weighted by molar-refractivity contribution is 6.31. The maximum Gasteiger partial charge on any atom is 0.325 e. The standard InChI is InChI=1S/C10H10ClNO4/c1-5(10(15)16)12-9(14)7-4-6(11)2-3-8(7)13/h2-5,13H,1H3,(H,12,14)(H,15,16)/t5-/m1/s1. The summed E-state index contributed by atoms with van der Waals surface area (Å²) in [6.07, 6.45) is 0. The van der Waals surface area contributed by atoms with E-state index in [4.69, 9.17) is 16.7 Å². The van der Waals surface area contributed by atoms with Crippen LogP contribution in [-0.2, 0) is 4.79 Å². The van der Waals surface area contributed by atoms with Crippen molar-refractivity contribution in [3.05, 3.63) is 28.8 Å². The maximum absolute atomic E-state index is 11.5. The van der Waals surface area contributed by atoms with E-state index in [0.717, 1.165) is 0 Å². The molecule has 0 saturated carbocycles. The predicted molar refractivity (Wildman–Crippen MR) is 57.7 cm³/mol. The number of carboxylic acids is 1. The fourth-order valence-corrected chi connectivity index (χ4v) is 1.20. The average Bonchev–Trinajstić information content (AvgIpc) is 2.21. The van der Waals surface area contributed by atoms with E-state index in [1.165, 1.54) is 25.1 Å². The Hall–Kier alpha value is -1.75. The number of hydrogen-bond donors (Lipinski definition) is 3. The predicted octanol–water partition coefficient (Wildman–Crippen LogP) is 1.25. The largest absolute Gasteiger partial charge is 0.507 e. The molecule has 1 amide bonds. The van der Waals surface area contributed by atoms with Gasteiger partial charge < -0.3 is 15.5 Å². The van der Waals surface area contributed by atoms with Gasteiger partial charge in [-0.1, -0.05) is 11.6 Å². The number of benzene rings is 1. The molecular weight excluding hydrogens is 234 g/mol. The number of phenols is 1. The molecule has 16 heavy (non-hydrogen) atoms. The number of amides is 1. The van der Waals surface area contributed by atoms with E-state index in [0.29, 0.717) is 0 Å². The lowest BCUT2D eigenvalue weighted by molar-refractivity contribution is -0.138. The second-order valence-electron chi connectivity index (χ2n) is 3.19. The number of nitrogens with one attached hydrogen (secondary N) is 1. The molecule has 0 aromatic heterocycles. The molecule has 1 aromatic rings. The van der Waals surface area contributed by atoms with Crippen molar-refractivity contribution in [2.45, 2.75) is 13.0 Å². The quantitative estimate of drug-likeness (QED) is 0.746. The van der Waals surface area contributed by atoms with E-state index in [-0.39, 0.29) is 16.3 Å². The third-order valence-electron chi connectivity index (χ3n) is 1.92. The molecule has 86 valence electrons. The van der Waals surface area contributed by atoms with Crippen molar-refractivity contribution >= 4 is 23.5 Å². The Kier molecular flexibility index (Phi) is 3.73. The van der Waals surface area contributed by atoms with Gasteiger partial charge in [-0.25, -0.2) is 0 Å². The maximum atomic E-state index is 11.5. The third kappa shape index (κ3) is 2.87. The Bertz CT molecular complexity index is 433. The van der Waals surface area contributed by atoms with Gasteiger partial charge >= 0.3 is 5.97 Å². The summed E-state index contributed by atoms with van der Waals surface area (Å²) in [7, 11) is 0. The summed E-state index contributed by atoms with van der Waals surface area (Å²) in [6, 6.07) is 2.92. The van der Waals surface area contributed by atoms with Crippen molar-refractivity contribution in [2.24, 2.45) is 0 Å². The first-order chi connectivity index (χ1) is 7.41. The van der Waals surface area contributed by atoms with Gasteiger partial charge in [-0.05, 0) is 25.1 Å². The Morgan fingerprint density at radius 1 is 1.44 bits per heavy atom. The highest BCUT2D eigenvalue weighted by atomic mass is 35.5. The number of carbonyl (C=O) groups excluding carboxylic acids is 1.